The largest absolute Gasteiger partial charge is 0.486 e. The van der Waals surface area contributed by atoms with Crippen LogP contribution in [0.4, 0.5) is 0 Å². The van der Waals surface area contributed by atoms with E-state index >= 15 is 0 Å². The summed E-state index contributed by atoms with van der Waals surface area (Å²) in [7, 11) is 0. The van der Waals surface area contributed by atoms with E-state index in [-0.39, 0.29) is 25.7 Å². The summed E-state index contributed by atoms with van der Waals surface area (Å²) < 4.78 is 16.2. The van der Waals surface area contributed by atoms with Gasteiger partial charge in [0.2, 0.25) is 0 Å². The zero-order chi connectivity index (χ0) is 26.3. The van der Waals surface area contributed by atoms with Gasteiger partial charge < -0.3 is 24.8 Å². The summed E-state index contributed by atoms with van der Waals surface area (Å²) >= 11 is 0. The molecule has 0 radical (unpaired) electrons. The molecule has 9 heteroatoms. The second kappa shape index (κ2) is 15.0. The highest BCUT2D eigenvalue weighted by molar-refractivity contribution is 5.98. The Morgan fingerprint density at radius 2 is 1.56 bits per heavy atom. The fourth-order valence-corrected chi connectivity index (χ4v) is 3.27. The van der Waals surface area contributed by atoms with Crippen LogP contribution in [-0.2, 0) is 4.74 Å². The normalized spacial score (nSPS) is 12.1. The van der Waals surface area contributed by atoms with Crippen LogP contribution in [0.5, 0.6) is 11.5 Å². The highest BCUT2D eigenvalue weighted by atomic mass is 16.6. The SMILES string of the molecule is CCCC.N#CCOc1ccc(C(=N)N)cc1OCCOC(=O)c1ccc(C(=N)N2CCCC2)cc1. The van der Waals surface area contributed by atoms with E-state index in [9.17, 15) is 4.79 Å². The van der Waals surface area contributed by atoms with Crippen molar-refractivity contribution >= 4 is 17.6 Å². The molecule has 1 aliphatic heterocycles. The molecule has 0 bridgehead atoms. The van der Waals surface area contributed by atoms with Gasteiger partial charge >= 0.3 is 5.97 Å². The minimum atomic E-state index is -0.494. The number of unbranched alkanes of at least 4 members (excludes halogenated alkanes) is 1. The third-order valence-corrected chi connectivity index (χ3v) is 5.44. The Hall–Kier alpha value is -4.06. The van der Waals surface area contributed by atoms with E-state index in [2.05, 4.69) is 13.8 Å². The van der Waals surface area contributed by atoms with Crippen molar-refractivity contribution < 1.29 is 19.0 Å². The smallest absolute Gasteiger partial charge is 0.338 e. The molecule has 2 aromatic rings. The van der Waals surface area contributed by atoms with Crippen molar-refractivity contribution in [2.24, 2.45) is 5.73 Å². The van der Waals surface area contributed by atoms with E-state index in [1.54, 1.807) is 36.4 Å². The summed E-state index contributed by atoms with van der Waals surface area (Å²) in [5.74, 6) is 0.478. The molecule has 1 fully saturated rings. The summed E-state index contributed by atoms with van der Waals surface area (Å²) in [4.78, 5) is 14.3. The number of carbonyl (C=O) groups excluding carboxylic acids is 1. The molecule has 0 aromatic heterocycles. The van der Waals surface area contributed by atoms with Gasteiger partial charge in [0.25, 0.3) is 0 Å². The van der Waals surface area contributed by atoms with Crippen LogP contribution in [0.2, 0.25) is 0 Å². The van der Waals surface area contributed by atoms with Crippen LogP contribution in [0.15, 0.2) is 42.5 Å². The van der Waals surface area contributed by atoms with Gasteiger partial charge in [0.1, 0.15) is 31.0 Å². The number of likely N-dealkylation sites (tertiary alicyclic amines) is 1. The molecule has 0 unspecified atom stereocenters. The van der Waals surface area contributed by atoms with Crippen LogP contribution < -0.4 is 15.2 Å². The van der Waals surface area contributed by atoms with Gasteiger partial charge in [-0.15, -0.1) is 0 Å². The predicted octanol–water partition coefficient (Wildman–Crippen LogP) is 4.34. The Morgan fingerprint density at radius 3 is 2.14 bits per heavy atom. The zero-order valence-corrected chi connectivity index (χ0v) is 21.0. The molecular formula is C27H35N5O4. The molecule has 36 heavy (non-hydrogen) atoms. The first-order chi connectivity index (χ1) is 17.4. The summed E-state index contributed by atoms with van der Waals surface area (Å²) in [6.45, 7) is 6.03. The molecule has 0 atom stereocenters. The van der Waals surface area contributed by atoms with Crippen molar-refractivity contribution in [1.29, 1.82) is 16.1 Å². The number of hydrogen-bond donors (Lipinski definition) is 3. The fourth-order valence-electron chi connectivity index (χ4n) is 3.27. The first-order valence-electron chi connectivity index (χ1n) is 12.1. The second-order valence-electron chi connectivity index (χ2n) is 8.13. The maximum atomic E-state index is 12.3. The average Bonchev–Trinajstić information content (AvgIpc) is 3.45. The number of esters is 1. The lowest BCUT2D eigenvalue weighted by atomic mass is 10.1. The number of nitrogens with zero attached hydrogens (tertiary/aromatic N) is 2. The number of amidine groups is 2. The lowest BCUT2D eigenvalue weighted by molar-refractivity contribution is 0.0449. The Labute approximate surface area is 212 Å². The van der Waals surface area contributed by atoms with Crippen molar-refractivity contribution in [3.05, 3.63) is 59.2 Å². The quantitative estimate of drug-likeness (QED) is 0.193. The highest BCUT2D eigenvalue weighted by Gasteiger charge is 2.17. The van der Waals surface area contributed by atoms with E-state index in [0.29, 0.717) is 28.5 Å². The maximum Gasteiger partial charge on any atom is 0.338 e. The minimum Gasteiger partial charge on any atom is -0.486 e. The number of ether oxygens (including phenoxy) is 3. The minimum absolute atomic E-state index is 0.00777. The lowest BCUT2D eigenvalue weighted by Crippen LogP contribution is -2.27. The monoisotopic (exact) mass is 493 g/mol. The number of benzene rings is 2. The predicted molar refractivity (Wildman–Crippen MR) is 139 cm³/mol. The van der Waals surface area contributed by atoms with E-state index in [1.165, 1.54) is 18.9 Å². The van der Waals surface area contributed by atoms with Gasteiger partial charge in [-0.25, -0.2) is 4.79 Å². The molecule has 0 saturated carbocycles. The first kappa shape index (κ1) is 28.2. The van der Waals surface area contributed by atoms with E-state index in [4.69, 9.17) is 36.0 Å². The first-order valence-corrected chi connectivity index (χ1v) is 12.1. The molecule has 192 valence electrons. The second-order valence-corrected chi connectivity index (χ2v) is 8.13. The molecule has 4 N–H and O–H groups in total. The summed E-state index contributed by atoms with van der Waals surface area (Å²) in [6, 6.07) is 13.4. The molecule has 9 nitrogen and oxygen atoms in total. The van der Waals surface area contributed by atoms with Crippen LogP contribution in [0, 0.1) is 22.1 Å². The van der Waals surface area contributed by atoms with Crippen molar-refractivity contribution in [2.75, 3.05) is 32.9 Å². The molecule has 0 spiro atoms. The third-order valence-electron chi connectivity index (χ3n) is 5.44. The van der Waals surface area contributed by atoms with E-state index < -0.39 is 5.97 Å². The standard InChI is InChI=1S/C23H25N5O4.C4H10/c24-9-12-30-19-8-7-18(21(25)26)15-20(19)31-13-14-32-23(29)17-5-3-16(4-6-17)22(27)28-10-1-2-11-28;1-3-4-2/h3-8,15,27H,1-2,10-14H2,(H3,25,26);3-4H2,1-2H3. The molecule has 0 aliphatic carbocycles. The van der Waals surface area contributed by atoms with Crippen LogP contribution in [0.3, 0.4) is 0 Å². The van der Waals surface area contributed by atoms with Gasteiger partial charge in [0, 0.05) is 24.2 Å². The molecule has 1 saturated heterocycles. The average molecular weight is 494 g/mol. The van der Waals surface area contributed by atoms with Crippen molar-refractivity contribution in [2.45, 2.75) is 39.5 Å². The van der Waals surface area contributed by atoms with Crippen molar-refractivity contribution in [3.63, 3.8) is 0 Å². The summed E-state index contributed by atoms with van der Waals surface area (Å²) in [5, 5.41) is 24.5. The van der Waals surface area contributed by atoms with E-state index in [0.717, 1.165) is 31.5 Å². The van der Waals surface area contributed by atoms with E-state index in [1.807, 2.05) is 11.0 Å². The number of carbonyl (C=O) groups is 1. The van der Waals surface area contributed by atoms with Gasteiger partial charge in [0.15, 0.2) is 18.1 Å². The molecule has 1 heterocycles. The molecule has 2 aromatic carbocycles. The Bertz CT molecular complexity index is 1050. The van der Waals surface area contributed by atoms with Crippen LogP contribution in [0.25, 0.3) is 0 Å². The molecular weight excluding hydrogens is 458 g/mol. The van der Waals surface area contributed by atoms with Crippen LogP contribution in [0.1, 0.15) is 61.0 Å². The van der Waals surface area contributed by atoms with Gasteiger partial charge in [-0.3, -0.25) is 10.8 Å². The number of rotatable bonds is 10. The van der Waals surface area contributed by atoms with Gasteiger partial charge in [-0.05, 0) is 43.2 Å². The number of nitrogens with two attached hydrogens (primary N) is 1. The third kappa shape index (κ3) is 8.62. The maximum absolute atomic E-state index is 12.3. The van der Waals surface area contributed by atoms with Crippen molar-refractivity contribution in [3.8, 4) is 17.6 Å². The molecule has 1 aliphatic rings. The number of nitrogens with one attached hydrogen (secondary N) is 2. The van der Waals surface area contributed by atoms with Gasteiger partial charge in [-0.2, -0.15) is 5.26 Å². The number of hydrogen-bond acceptors (Lipinski definition) is 7. The molecule has 0 amide bonds. The zero-order valence-electron chi connectivity index (χ0n) is 21.0. The summed E-state index contributed by atoms with van der Waals surface area (Å²) in [6.07, 6.45) is 4.83. The Balaban J connectivity index is 0.00000106. The fraction of sp³-hybridized carbons (Fsp3) is 0.407. The van der Waals surface area contributed by atoms with Gasteiger partial charge in [0.05, 0.1) is 5.56 Å². The van der Waals surface area contributed by atoms with Crippen molar-refractivity contribution in [1.82, 2.24) is 4.90 Å². The van der Waals surface area contributed by atoms with Crippen LogP contribution >= 0.6 is 0 Å². The topological polar surface area (TPSA) is 146 Å². The highest BCUT2D eigenvalue weighted by Crippen LogP contribution is 2.28. The lowest BCUT2D eigenvalue weighted by Gasteiger charge is -2.18. The van der Waals surface area contributed by atoms with Crippen LogP contribution in [-0.4, -0.2) is 55.5 Å². The number of nitrogen functional groups attached to an aromatic ring is 1. The Morgan fingerprint density at radius 1 is 0.944 bits per heavy atom. The summed E-state index contributed by atoms with van der Waals surface area (Å²) in [5.41, 5.74) is 7.11. The van der Waals surface area contributed by atoms with Gasteiger partial charge in [-0.1, -0.05) is 38.8 Å². The number of nitriles is 1. The Kier molecular flexibility index (Phi) is 11.8. The molecule has 3 rings (SSSR count).